The summed E-state index contributed by atoms with van der Waals surface area (Å²) >= 11 is 0. The molecule has 2 unspecified atom stereocenters. The van der Waals surface area contributed by atoms with E-state index in [1.54, 1.807) is 13.8 Å². The minimum atomic E-state index is -2.96. The van der Waals surface area contributed by atoms with E-state index in [4.69, 9.17) is 0 Å². The van der Waals surface area contributed by atoms with Gasteiger partial charge in [-0.1, -0.05) is 13.3 Å². The summed E-state index contributed by atoms with van der Waals surface area (Å²) in [6.07, 6.45) is 4.64. The number of piperidine rings is 1. The van der Waals surface area contributed by atoms with Gasteiger partial charge in [-0.15, -0.1) is 0 Å². The highest BCUT2D eigenvalue weighted by atomic mass is 32.2. The average Bonchev–Trinajstić information content (AvgIpc) is 2.29. The molecule has 5 heteroatoms. The second-order valence-corrected chi connectivity index (χ2v) is 8.08. The van der Waals surface area contributed by atoms with Gasteiger partial charge in [-0.2, -0.15) is 0 Å². The molecule has 0 aromatic heterocycles. The fourth-order valence-corrected chi connectivity index (χ4v) is 3.39. The summed E-state index contributed by atoms with van der Waals surface area (Å²) in [7, 11) is -2.96. The van der Waals surface area contributed by atoms with Crippen LogP contribution in [0.3, 0.4) is 0 Å². The molecule has 108 valence electrons. The molecule has 1 rings (SSSR count). The van der Waals surface area contributed by atoms with Gasteiger partial charge in [0.2, 0.25) is 0 Å². The van der Waals surface area contributed by atoms with Crippen molar-refractivity contribution in [3.05, 3.63) is 0 Å². The molecular weight excluding hydrogens is 253 g/mol. The number of nitrogens with one attached hydrogen (secondary N) is 1. The molecule has 3 nitrogen and oxygen atoms in total. The monoisotopic (exact) mass is 279 g/mol. The summed E-state index contributed by atoms with van der Waals surface area (Å²) < 4.78 is 37.0. The van der Waals surface area contributed by atoms with Crippen LogP contribution in [-0.4, -0.2) is 38.2 Å². The van der Waals surface area contributed by atoms with Gasteiger partial charge in [-0.05, 0) is 45.6 Å². The molecule has 1 fully saturated rings. The number of hydrogen-bond donors (Lipinski definition) is 1. The molecule has 1 N–H and O–H groups in total. The molecule has 0 aromatic rings. The lowest BCUT2D eigenvalue weighted by atomic mass is 9.90. The lowest BCUT2D eigenvalue weighted by Crippen LogP contribution is -2.39. The maximum absolute atomic E-state index is 14.3. The van der Waals surface area contributed by atoms with Gasteiger partial charge in [0, 0.05) is 11.8 Å². The van der Waals surface area contributed by atoms with Crippen molar-refractivity contribution < 1.29 is 12.8 Å². The van der Waals surface area contributed by atoms with Crippen LogP contribution in [0, 0.1) is 0 Å². The summed E-state index contributed by atoms with van der Waals surface area (Å²) in [5.41, 5.74) is -1.25. The first-order valence-corrected chi connectivity index (χ1v) is 8.79. The Kier molecular flexibility index (Phi) is 6.05. The van der Waals surface area contributed by atoms with Crippen LogP contribution >= 0.6 is 0 Å². The Labute approximate surface area is 110 Å². The quantitative estimate of drug-likeness (QED) is 0.778. The van der Waals surface area contributed by atoms with Crippen LogP contribution in [0.1, 0.15) is 52.4 Å². The number of halogens is 1. The normalized spacial score (nSPS) is 24.7. The Morgan fingerprint density at radius 3 is 2.67 bits per heavy atom. The van der Waals surface area contributed by atoms with Crippen LogP contribution in [0.2, 0.25) is 0 Å². The molecule has 1 saturated heterocycles. The van der Waals surface area contributed by atoms with Crippen molar-refractivity contribution in [2.24, 2.45) is 0 Å². The third kappa shape index (κ3) is 6.14. The summed E-state index contributed by atoms with van der Waals surface area (Å²) in [5.74, 6) is 0.265. The van der Waals surface area contributed by atoms with Crippen LogP contribution in [0.25, 0.3) is 0 Å². The Hall–Kier alpha value is -0.160. The van der Waals surface area contributed by atoms with Crippen molar-refractivity contribution in [1.29, 1.82) is 0 Å². The number of hydrogen-bond acceptors (Lipinski definition) is 3. The first kappa shape index (κ1) is 15.9. The Morgan fingerprint density at radius 1 is 1.39 bits per heavy atom. The van der Waals surface area contributed by atoms with Gasteiger partial charge in [0.1, 0.15) is 15.5 Å². The Balaban J connectivity index is 2.30. The minimum Gasteiger partial charge on any atom is -0.314 e. The highest BCUT2D eigenvalue weighted by molar-refractivity contribution is 7.91. The van der Waals surface area contributed by atoms with Crippen molar-refractivity contribution in [3.63, 3.8) is 0 Å². The van der Waals surface area contributed by atoms with Crippen LogP contribution in [0.4, 0.5) is 4.39 Å². The predicted octanol–water partition coefficient (Wildman–Crippen LogP) is 2.46. The minimum absolute atomic E-state index is 0.112. The van der Waals surface area contributed by atoms with Crippen molar-refractivity contribution in [2.75, 3.05) is 18.1 Å². The van der Waals surface area contributed by atoms with E-state index < -0.39 is 15.5 Å². The fourth-order valence-electron chi connectivity index (χ4n) is 2.52. The van der Waals surface area contributed by atoms with Crippen LogP contribution in [-0.2, 0) is 9.84 Å². The molecule has 0 bridgehead atoms. The largest absolute Gasteiger partial charge is 0.314 e. The third-order valence-corrected chi connectivity index (χ3v) is 5.47. The highest BCUT2D eigenvalue weighted by Gasteiger charge is 2.28. The maximum atomic E-state index is 14.3. The molecule has 0 amide bonds. The van der Waals surface area contributed by atoms with Crippen molar-refractivity contribution >= 4 is 9.84 Å². The molecule has 0 aromatic carbocycles. The van der Waals surface area contributed by atoms with Crippen LogP contribution in [0.5, 0.6) is 0 Å². The SMILES string of the molecule is CCS(=O)(=O)CCCC(C)(F)CC1CCCCN1. The second kappa shape index (κ2) is 6.85. The Bertz CT molecular complexity index is 335. The predicted molar refractivity (Wildman–Crippen MR) is 73.3 cm³/mol. The topological polar surface area (TPSA) is 46.2 Å². The zero-order valence-corrected chi connectivity index (χ0v) is 12.4. The van der Waals surface area contributed by atoms with E-state index in [-0.39, 0.29) is 17.5 Å². The standard InChI is InChI=1S/C13H26FNO2S/c1-3-18(16,17)10-6-8-13(2,14)11-12-7-4-5-9-15-12/h12,15H,3-11H2,1-2H3. The van der Waals surface area contributed by atoms with Gasteiger partial charge in [0.05, 0.1) is 5.75 Å². The van der Waals surface area contributed by atoms with Gasteiger partial charge in [0.15, 0.2) is 0 Å². The number of sulfone groups is 1. The van der Waals surface area contributed by atoms with E-state index in [2.05, 4.69) is 5.32 Å². The smallest absolute Gasteiger partial charge is 0.150 e. The van der Waals surface area contributed by atoms with Crippen molar-refractivity contribution in [2.45, 2.75) is 64.1 Å². The van der Waals surface area contributed by atoms with Crippen LogP contribution in [0.15, 0.2) is 0 Å². The van der Waals surface area contributed by atoms with E-state index in [9.17, 15) is 12.8 Å². The zero-order valence-electron chi connectivity index (χ0n) is 11.5. The molecule has 0 saturated carbocycles. The molecule has 1 aliphatic rings. The molecule has 1 heterocycles. The number of rotatable bonds is 7. The zero-order chi connectivity index (χ0) is 13.6. The van der Waals surface area contributed by atoms with Crippen LogP contribution < -0.4 is 5.32 Å². The van der Waals surface area contributed by atoms with Gasteiger partial charge in [0.25, 0.3) is 0 Å². The average molecular weight is 279 g/mol. The molecular formula is C13H26FNO2S. The van der Waals surface area contributed by atoms with Crippen molar-refractivity contribution in [3.8, 4) is 0 Å². The van der Waals surface area contributed by atoms with E-state index >= 15 is 0 Å². The van der Waals surface area contributed by atoms with Crippen molar-refractivity contribution in [1.82, 2.24) is 5.32 Å². The van der Waals surface area contributed by atoms with E-state index in [1.807, 2.05) is 0 Å². The first-order valence-electron chi connectivity index (χ1n) is 6.97. The fraction of sp³-hybridized carbons (Fsp3) is 1.00. The summed E-state index contributed by atoms with van der Waals surface area (Å²) in [4.78, 5) is 0. The first-order chi connectivity index (χ1) is 8.35. The molecule has 0 radical (unpaired) electrons. The third-order valence-electron chi connectivity index (χ3n) is 3.68. The van der Waals surface area contributed by atoms with Gasteiger partial charge >= 0.3 is 0 Å². The lowest BCUT2D eigenvalue weighted by Gasteiger charge is -2.30. The summed E-state index contributed by atoms with van der Waals surface area (Å²) in [6.45, 7) is 4.21. The highest BCUT2D eigenvalue weighted by Crippen LogP contribution is 2.26. The lowest BCUT2D eigenvalue weighted by molar-refractivity contribution is 0.133. The maximum Gasteiger partial charge on any atom is 0.150 e. The molecule has 1 aliphatic heterocycles. The van der Waals surface area contributed by atoms with Gasteiger partial charge in [-0.3, -0.25) is 0 Å². The summed E-state index contributed by atoms with van der Waals surface area (Å²) in [6, 6.07) is 0.261. The Morgan fingerprint density at radius 2 is 2.11 bits per heavy atom. The molecule has 18 heavy (non-hydrogen) atoms. The van der Waals surface area contributed by atoms with E-state index in [1.165, 1.54) is 6.42 Å². The number of alkyl halides is 1. The molecule has 0 aliphatic carbocycles. The van der Waals surface area contributed by atoms with Gasteiger partial charge in [-0.25, -0.2) is 12.8 Å². The van der Waals surface area contributed by atoms with Gasteiger partial charge < -0.3 is 5.32 Å². The van der Waals surface area contributed by atoms with E-state index in [0.717, 1.165) is 19.4 Å². The second-order valence-electron chi connectivity index (χ2n) is 5.60. The molecule has 2 atom stereocenters. The molecule has 0 spiro atoms. The van der Waals surface area contributed by atoms with E-state index in [0.29, 0.717) is 19.3 Å². The summed E-state index contributed by atoms with van der Waals surface area (Å²) in [5, 5.41) is 3.33.